The van der Waals surface area contributed by atoms with E-state index in [4.69, 9.17) is 14.6 Å². The zero-order chi connectivity index (χ0) is 18.4. The summed E-state index contributed by atoms with van der Waals surface area (Å²) < 4.78 is 32.7. The lowest BCUT2D eigenvalue weighted by atomic mass is 10.1. The molecule has 25 heavy (non-hydrogen) atoms. The summed E-state index contributed by atoms with van der Waals surface area (Å²) in [4.78, 5) is 23.6. The maximum Gasteiger partial charge on any atom is 0.338 e. The maximum atomic E-state index is 12.1. The highest BCUT2D eigenvalue weighted by Gasteiger charge is 2.16. The van der Waals surface area contributed by atoms with Gasteiger partial charge in [-0.2, -0.15) is 0 Å². The minimum absolute atomic E-state index is 0.0842. The first-order chi connectivity index (χ1) is 11.8. The molecule has 0 aliphatic heterocycles. The largest absolute Gasteiger partial charge is 0.458 e. The molecule has 0 aromatic heterocycles. The third-order valence-electron chi connectivity index (χ3n) is 3.32. The number of rotatable bonds is 6. The quantitative estimate of drug-likeness (QED) is 0.617. The van der Waals surface area contributed by atoms with Gasteiger partial charge in [-0.1, -0.05) is 24.3 Å². The summed E-state index contributed by atoms with van der Waals surface area (Å²) in [6.07, 6.45) is 0. The van der Waals surface area contributed by atoms with Gasteiger partial charge in [0.2, 0.25) is 10.0 Å². The lowest BCUT2D eigenvalue weighted by molar-refractivity contribution is 0.0265. The van der Waals surface area contributed by atoms with E-state index in [1.807, 2.05) is 0 Å². The molecule has 0 aliphatic carbocycles. The van der Waals surface area contributed by atoms with E-state index in [1.54, 1.807) is 37.3 Å². The molecule has 0 bridgehead atoms. The number of hydrogen-bond acceptors (Lipinski definition) is 6. The van der Waals surface area contributed by atoms with Crippen LogP contribution in [-0.4, -0.2) is 33.6 Å². The van der Waals surface area contributed by atoms with Crippen LogP contribution in [0.25, 0.3) is 0 Å². The number of nitrogens with two attached hydrogens (primary N) is 1. The second kappa shape index (κ2) is 7.91. The Morgan fingerprint density at radius 3 is 2.16 bits per heavy atom. The topological polar surface area (TPSA) is 113 Å². The highest BCUT2D eigenvalue weighted by atomic mass is 32.2. The number of benzene rings is 2. The number of esters is 2. The van der Waals surface area contributed by atoms with E-state index in [9.17, 15) is 18.0 Å². The molecule has 0 aliphatic rings. The number of ether oxygens (including phenoxy) is 2. The number of hydrogen-bond donors (Lipinski definition) is 1. The Balaban J connectivity index is 1.92. The molecule has 0 radical (unpaired) electrons. The van der Waals surface area contributed by atoms with Gasteiger partial charge < -0.3 is 9.47 Å². The van der Waals surface area contributed by atoms with E-state index >= 15 is 0 Å². The lowest BCUT2D eigenvalue weighted by Crippen LogP contribution is -2.16. The van der Waals surface area contributed by atoms with Gasteiger partial charge in [-0.3, -0.25) is 0 Å². The zero-order valence-corrected chi connectivity index (χ0v) is 14.3. The van der Waals surface area contributed by atoms with E-state index in [2.05, 4.69) is 0 Å². The van der Waals surface area contributed by atoms with Crippen LogP contribution in [-0.2, 0) is 19.5 Å². The van der Waals surface area contributed by atoms with Crippen LogP contribution in [0, 0.1) is 6.92 Å². The summed E-state index contributed by atoms with van der Waals surface area (Å²) >= 11 is 0. The molecular weight excluding hydrogens is 346 g/mol. The van der Waals surface area contributed by atoms with E-state index in [0.717, 1.165) is 6.07 Å². The van der Waals surface area contributed by atoms with Crippen LogP contribution >= 0.6 is 0 Å². The van der Waals surface area contributed by atoms with Crippen molar-refractivity contribution >= 4 is 22.0 Å². The van der Waals surface area contributed by atoms with E-state index < -0.39 is 22.0 Å². The second-order valence-electron chi connectivity index (χ2n) is 5.16. The minimum Gasteiger partial charge on any atom is -0.458 e. The molecule has 2 aromatic rings. The Bertz CT molecular complexity index is 877. The van der Waals surface area contributed by atoms with E-state index in [0.29, 0.717) is 11.1 Å². The number of carbonyl (C=O) groups is 2. The molecule has 0 fully saturated rings. The van der Waals surface area contributed by atoms with Crippen molar-refractivity contribution in [3.63, 3.8) is 0 Å². The SMILES string of the molecule is Cc1ccc(S(N)(=O)=O)cc1C(=O)OCCOC(=O)c1ccccc1. The summed E-state index contributed by atoms with van der Waals surface area (Å²) in [5.41, 5.74) is 1.02. The average Bonchev–Trinajstić information content (AvgIpc) is 2.58. The molecule has 2 N–H and O–H groups in total. The highest BCUT2D eigenvalue weighted by Crippen LogP contribution is 2.15. The molecule has 0 spiro atoms. The average molecular weight is 363 g/mol. The number of sulfonamides is 1. The fourth-order valence-corrected chi connectivity index (χ4v) is 2.54. The lowest BCUT2D eigenvalue weighted by Gasteiger charge is -2.09. The van der Waals surface area contributed by atoms with Gasteiger partial charge >= 0.3 is 11.9 Å². The maximum absolute atomic E-state index is 12.1. The molecule has 0 amide bonds. The van der Waals surface area contributed by atoms with Crippen molar-refractivity contribution in [2.24, 2.45) is 5.14 Å². The Labute approximate surface area is 145 Å². The van der Waals surface area contributed by atoms with Gasteiger partial charge in [0, 0.05) is 0 Å². The van der Waals surface area contributed by atoms with Gasteiger partial charge in [0.05, 0.1) is 16.0 Å². The fourth-order valence-electron chi connectivity index (χ4n) is 2.00. The molecule has 2 rings (SSSR count). The third kappa shape index (κ3) is 5.13. The molecule has 0 saturated heterocycles. The minimum atomic E-state index is -3.92. The predicted molar refractivity (Wildman–Crippen MR) is 89.6 cm³/mol. The molecule has 0 saturated carbocycles. The van der Waals surface area contributed by atoms with Crippen molar-refractivity contribution in [3.8, 4) is 0 Å². The second-order valence-corrected chi connectivity index (χ2v) is 6.72. The molecule has 0 atom stereocenters. The summed E-state index contributed by atoms with van der Waals surface area (Å²) in [7, 11) is -3.92. The van der Waals surface area contributed by atoms with Crippen LogP contribution in [0.2, 0.25) is 0 Å². The van der Waals surface area contributed by atoms with Crippen LogP contribution in [0.1, 0.15) is 26.3 Å². The van der Waals surface area contributed by atoms with Gasteiger partial charge in [-0.05, 0) is 36.8 Å². The first kappa shape index (κ1) is 18.6. The van der Waals surface area contributed by atoms with Crippen molar-refractivity contribution in [3.05, 3.63) is 65.2 Å². The van der Waals surface area contributed by atoms with Gasteiger partial charge in [0.1, 0.15) is 13.2 Å². The Morgan fingerprint density at radius 1 is 0.960 bits per heavy atom. The number of aryl methyl sites for hydroxylation is 1. The first-order valence-electron chi connectivity index (χ1n) is 7.32. The van der Waals surface area contributed by atoms with Gasteiger partial charge in [0.25, 0.3) is 0 Å². The molecular formula is C17H17NO6S. The number of carbonyl (C=O) groups excluding carboxylic acids is 2. The normalized spacial score (nSPS) is 11.0. The van der Waals surface area contributed by atoms with Crippen LogP contribution in [0.15, 0.2) is 53.4 Å². The van der Waals surface area contributed by atoms with Crippen molar-refractivity contribution in [2.45, 2.75) is 11.8 Å². The van der Waals surface area contributed by atoms with Crippen molar-refractivity contribution in [1.82, 2.24) is 0 Å². The van der Waals surface area contributed by atoms with E-state index in [-0.39, 0.29) is 23.7 Å². The monoisotopic (exact) mass is 363 g/mol. The van der Waals surface area contributed by atoms with Gasteiger partial charge in [0.15, 0.2) is 0 Å². The van der Waals surface area contributed by atoms with Crippen LogP contribution in [0.5, 0.6) is 0 Å². The van der Waals surface area contributed by atoms with Gasteiger partial charge in [-0.25, -0.2) is 23.1 Å². The van der Waals surface area contributed by atoms with E-state index in [1.165, 1.54) is 12.1 Å². The van der Waals surface area contributed by atoms with Crippen molar-refractivity contribution < 1.29 is 27.5 Å². The summed E-state index contributed by atoms with van der Waals surface area (Å²) in [5, 5.41) is 5.05. The molecule has 2 aromatic carbocycles. The smallest absolute Gasteiger partial charge is 0.338 e. The summed E-state index contributed by atoms with van der Waals surface area (Å²) in [6.45, 7) is 1.36. The Hall–Kier alpha value is -2.71. The Kier molecular flexibility index (Phi) is 5.89. The van der Waals surface area contributed by atoms with Crippen molar-refractivity contribution in [2.75, 3.05) is 13.2 Å². The van der Waals surface area contributed by atoms with Crippen LogP contribution < -0.4 is 5.14 Å². The molecule has 8 heteroatoms. The third-order valence-corrected chi connectivity index (χ3v) is 4.23. The highest BCUT2D eigenvalue weighted by molar-refractivity contribution is 7.89. The summed E-state index contributed by atoms with van der Waals surface area (Å²) in [6, 6.07) is 12.3. The van der Waals surface area contributed by atoms with Crippen LogP contribution in [0.3, 0.4) is 0 Å². The molecule has 0 unspecified atom stereocenters. The standard InChI is InChI=1S/C17H17NO6S/c1-12-7-8-14(25(18,21)22)11-15(12)17(20)24-10-9-23-16(19)13-5-3-2-4-6-13/h2-8,11H,9-10H2,1H3,(H2,18,21,22). The van der Waals surface area contributed by atoms with Crippen LogP contribution in [0.4, 0.5) is 0 Å². The molecule has 7 nitrogen and oxygen atoms in total. The molecule has 132 valence electrons. The Morgan fingerprint density at radius 2 is 1.56 bits per heavy atom. The summed E-state index contributed by atoms with van der Waals surface area (Å²) in [5.74, 6) is -1.25. The first-order valence-corrected chi connectivity index (χ1v) is 8.86. The predicted octanol–water partition coefficient (Wildman–Crippen LogP) is 1.66. The zero-order valence-electron chi connectivity index (χ0n) is 13.5. The van der Waals surface area contributed by atoms with Crippen molar-refractivity contribution in [1.29, 1.82) is 0 Å². The number of primary sulfonamides is 1. The van der Waals surface area contributed by atoms with Gasteiger partial charge in [-0.15, -0.1) is 0 Å². The molecule has 0 heterocycles. The fraction of sp³-hybridized carbons (Fsp3) is 0.176.